The molecule has 0 aromatic heterocycles. The molecular formula is C54H74F6O10. The maximum Gasteiger partial charge on any atom is 0.416 e. The average Bonchev–Trinajstić information content (AvgIpc) is 3.71. The average molecular weight is 997 g/mol. The monoisotopic (exact) mass is 997 g/mol. The SMILES string of the molecule is CC(/C=C/[C@H]1C(C)C[C@H](O)[C@@H]1C/C=C\CCCC(=O)OC(C)C)COc1cccc(C(F)(F)F)c1.CC(C)OC(=O)CCC/C=C\C[C@H]1[C@@H](O)CC(O)[C@@H]1/C=C/C(O)COc1cccc(C(F)(F)F)c1. The van der Waals surface area contributed by atoms with Crippen molar-refractivity contribution in [3.05, 3.63) is 108 Å². The minimum Gasteiger partial charge on any atom is -0.493 e. The number of aliphatic hydroxyl groups excluding tert-OH is 4. The van der Waals surface area contributed by atoms with E-state index in [1.54, 1.807) is 19.9 Å². The van der Waals surface area contributed by atoms with Crippen LogP contribution in [0.2, 0.25) is 0 Å². The van der Waals surface area contributed by atoms with Crippen LogP contribution in [0.15, 0.2) is 97.1 Å². The zero-order chi connectivity index (χ0) is 52.0. The van der Waals surface area contributed by atoms with Gasteiger partial charge in [0.1, 0.15) is 24.2 Å². The van der Waals surface area contributed by atoms with Crippen molar-refractivity contribution in [1.82, 2.24) is 0 Å². The lowest BCUT2D eigenvalue weighted by atomic mass is 9.86. The lowest BCUT2D eigenvalue weighted by Crippen LogP contribution is -2.21. The highest BCUT2D eigenvalue weighted by molar-refractivity contribution is 5.69. The molecule has 2 aromatic rings. The van der Waals surface area contributed by atoms with Gasteiger partial charge in [0, 0.05) is 31.1 Å². The largest absolute Gasteiger partial charge is 0.493 e. The third-order valence-corrected chi connectivity index (χ3v) is 12.0. The second kappa shape index (κ2) is 29.6. The van der Waals surface area contributed by atoms with Crippen LogP contribution >= 0.6 is 0 Å². The van der Waals surface area contributed by atoms with Crippen molar-refractivity contribution >= 4 is 11.9 Å². The van der Waals surface area contributed by atoms with Gasteiger partial charge < -0.3 is 39.4 Å². The van der Waals surface area contributed by atoms with Crippen LogP contribution in [0.5, 0.6) is 11.5 Å². The summed E-state index contributed by atoms with van der Waals surface area (Å²) >= 11 is 0. The first-order valence-electron chi connectivity index (χ1n) is 24.3. The molecule has 2 aliphatic rings. The van der Waals surface area contributed by atoms with Gasteiger partial charge in [-0.15, -0.1) is 0 Å². The van der Waals surface area contributed by atoms with E-state index in [9.17, 15) is 56.4 Å². The quantitative estimate of drug-likeness (QED) is 0.0346. The Kier molecular flexibility index (Phi) is 25.3. The Morgan fingerprint density at radius 1 is 0.643 bits per heavy atom. The maximum absolute atomic E-state index is 12.9. The van der Waals surface area contributed by atoms with E-state index >= 15 is 0 Å². The molecule has 70 heavy (non-hydrogen) atoms. The summed E-state index contributed by atoms with van der Waals surface area (Å²) in [5, 5.41) is 41.4. The first-order chi connectivity index (χ1) is 32.9. The van der Waals surface area contributed by atoms with Crippen molar-refractivity contribution in [1.29, 1.82) is 0 Å². The molecule has 2 fully saturated rings. The molecule has 392 valence electrons. The van der Waals surface area contributed by atoms with Crippen LogP contribution in [0, 0.1) is 35.5 Å². The minimum atomic E-state index is -4.49. The number of carbonyl (C=O) groups is 2. The summed E-state index contributed by atoms with van der Waals surface area (Å²) in [7, 11) is 0. The molecule has 0 saturated heterocycles. The predicted octanol–water partition coefficient (Wildman–Crippen LogP) is 11.4. The zero-order valence-electron chi connectivity index (χ0n) is 41.2. The number of hydrogen-bond donors (Lipinski definition) is 4. The lowest BCUT2D eigenvalue weighted by Gasteiger charge is -2.20. The first-order valence-corrected chi connectivity index (χ1v) is 24.3. The molecule has 16 heteroatoms. The summed E-state index contributed by atoms with van der Waals surface area (Å²) < 4.78 is 98.1. The number of carbonyl (C=O) groups excluding carboxylic acids is 2. The molecule has 10 atom stereocenters. The fraction of sp³-hybridized carbons (Fsp3) is 0.593. The molecule has 0 amide bonds. The van der Waals surface area contributed by atoms with Crippen LogP contribution in [0.1, 0.15) is 117 Å². The van der Waals surface area contributed by atoms with E-state index in [-0.39, 0.29) is 91.0 Å². The Bertz CT molecular complexity index is 1840. The highest BCUT2D eigenvalue weighted by atomic mass is 19.4. The summed E-state index contributed by atoms with van der Waals surface area (Å²) in [4.78, 5) is 23.1. The zero-order valence-corrected chi connectivity index (χ0v) is 41.2. The third kappa shape index (κ3) is 22.2. The molecule has 2 aromatic carbocycles. The van der Waals surface area contributed by atoms with Crippen LogP contribution < -0.4 is 9.47 Å². The summed E-state index contributed by atoms with van der Waals surface area (Å²) in [5.41, 5.74) is -1.56. The van der Waals surface area contributed by atoms with Gasteiger partial charge in [0.2, 0.25) is 0 Å². The van der Waals surface area contributed by atoms with E-state index in [0.29, 0.717) is 38.0 Å². The molecule has 4 N–H and O–H groups in total. The van der Waals surface area contributed by atoms with E-state index in [4.69, 9.17) is 18.9 Å². The number of benzene rings is 2. The molecule has 0 bridgehead atoms. The molecule has 4 rings (SSSR count). The smallest absolute Gasteiger partial charge is 0.416 e. The highest BCUT2D eigenvalue weighted by Crippen LogP contribution is 2.41. The van der Waals surface area contributed by atoms with Gasteiger partial charge in [0.25, 0.3) is 0 Å². The molecule has 0 radical (unpaired) electrons. The van der Waals surface area contributed by atoms with E-state index in [0.717, 1.165) is 49.9 Å². The maximum atomic E-state index is 12.9. The number of ether oxygens (including phenoxy) is 4. The lowest BCUT2D eigenvalue weighted by molar-refractivity contribution is -0.148. The van der Waals surface area contributed by atoms with Gasteiger partial charge >= 0.3 is 24.3 Å². The van der Waals surface area contributed by atoms with E-state index in [2.05, 4.69) is 25.2 Å². The van der Waals surface area contributed by atoms with Crippen molar-refractivity contribution in [2.75, 3.05) is 13.2 Å². The fourth-order valence-corrected chi connectivity index (χ4v) is 8.48. The fourth-order valence-electron chi connectivity index (χ4n) is 8.48. The molecule has 0 aliphatic heterocycles. The van der Waals surface area contributed by atoms with Crippen molar-refractivity contribution in [2.24, 2.45) is 35.5 Å². The van der Waals surface area contributed by atoms with Crippen molar-refractivity contribution in [3.8, 4) is 11.5 Å². The predicted molar refractivity (Wildman–Crippen MR) is 255 cm³/mol. The molecule has 0 heterocycles. The van der Waals surface area contributed by atoms with Gasteiger partial charge in [-0.05, 0) is 133 Å². The van der Waals surface area contributed by atoms with Crippen molar-refractivity contribution in [3.63, 3.8) is 0 Å². The number of alkyl halides is 6. The highest BCUT2D eigenvalue weighted by Gasteiger charge is 2.40. The molecule has 4 unspecified atom stereocenters. The number of hydrogen-bond acceptors (Lipinski definition) is 10. The van der Waals surface area contributed by atoms with E-state index < -0.39 is 41.8 Å². The van der Waals surface area contributed by atoms with Gasteiger partial charge in [-0.25, -0.2) is 0 Å². The van der Waals surface area contributed by atoms with Gasteiger partial charge in [0.05, 0.1) is 48.3 Å². The van der Waals surface area contributed by atoms with Crippen LogP contribution in [-0.4, -0.2) is 82.2 Å². The van der Waals surface area contributed by atoms with Gasteiger partial charge in [-0.3, -0.25) is 9.59 Å². The molecule has 10 nitrogen and oxygen atoms in total. The Hall–Kier alpha value is -4.64. The molecular weight excluding hydrogens is 923 g/mol. The number of esters is 2. The third-order valence-electron chi connectivity index (χ3n) is 12.0. The summed E-state index contributed by atoms with van der Waals surface area (Å²) in [6.45, 7) is 11.4. The number of unbranched alkanes of at least 4 members (excludes halogenated alkanes) is 2. The topological polar surface area (TPSA) is 152 Å². The summed E-state index contributed by atoms with van der Waals surface area (Å²) in [6, 6.07) is 9.31. The van der Waals surface area contributed by atoms with Crippen molar-refractivity contribution < 1.29 is 75.3 Å². The van der Waals surface area contributed by atoms with E-state index in [1.807, 2.05) is 39.0 Å². The minimum absolute atomic E-state index is 0.0101. The van der Waals surface area contributed by atoms with Crippen molar-refractivity contribution in [2.45, 2.75) is 155 Å². The van der Waals surface area contributed by atoms with Crippen LogP contribution in [-0.2, 0) is 31.4 Å². The Morgan fingerprint density at radius 3 is 1.59 bits per heavy atom. The Balaban J connectivity index is 0.000000370. The van der Waals surface area contributed by atoms with Crippen LogP contribution in [0.4, 0.5) is 26.3 Å². The van der Waals surface area contributed by atoms with Crippen LogP contribution in [0.3, 0.4) is 0 Å². The van der Waals surface area contributed by atoms with Crippen LogP contribution in [0.25, 0.3) is 0 Å². The molecule has 2 aliphatic carbocycles. The Morgan fingerprint density at radius 2 is 1.10 bits per heavy atom. The second-order valence-electron chi connectivity index (χ2n) is 18.9. The number of allylic oxidation sites excluding steroid dienone is 5. The standard InChI is InChI=1S/C28H39F3O4.C26H35F3O6/c1-19(2)35-27(33)13-8-6-5-7-12-25-24(21(4)16-26(25)32)15-14-20(3)18-34-23-11-9-10-22(17-23)28(29,30)31;1-17(2)35-25(33)11-6-4-3-5-10-21-22(24(32)15-23(21)31)13-12-19(30)16-34-20-9-7-8-18(14-20)26(27,28)29/h5,7,9-11,14-15,17,19-21,24-26,32H,6,8,12-13,16,18H2,1-4H3;3,5,7-9,12-14,17,19,21-24,30-32H,4,6,10-11,15-16H2,1-2H3/b7-5-,15-14+;5-3-,13-12+/t20?,21?,24-,25+,26-;19?,21-,22-,23+,24?/m01/s1. The van der Waals surface area contributed by atoms with Gasteiger partial charge in [-0.2, -0.15) is 26.3 Å². The summed E-state index contributed by atoms with van der Waals surface area (Å²) in [6.07, 6.45) is 8.95. The van der Waals surface area contributed by atoms with Gasteiger partial charge in [-0.1, -0.05) is 74.6 Å². The molecule has 0 spiro atoms. The van der Waals surface area contributed by atoms with E-state index in [1.165, 1.54) is 30.3 Å². The number of rotatable bonds is 24. The summed E-state index contributed by atoms with van der Waals surface area (Å²) in [5.74, 6) is -0.188. The molecule has 2 saturated carbocycles. The normalized spacial score (nSPS) is 23.9. The number of halogens is 6. The first kappa shape index (κ1) is 59.7. The second-order valence-corrected chi connectivity index (χ2v) is 18.9. The Labute approximate surface area is 409 Å². The van der Waals surface area contributed by atoms with Gasteiger partial charge in [0.15, 0.2) is 0 Å². The number of aliphatic hydroxyl groups is 4.